The maximum Gasteiger partial charge on any atom is 0.251 e. The van der Waals surface area contributed by atoms with Crippen molar-refractivity contribution < 1.29 is 14.2 Å². The van der Waals surface area contributed by atoms with Crippen LogP contribution in [0, 0.1) is 0 Å². The Balaban J connectivity index is 0.00000192. The van der Waals surface area contributed by atoms with Gasteiger partial charge in [0.1, 0.15) is 0 Å². The van der Waals surface area contributed by atoms with Crippen LogP contribution in [0.2, 0.25) is 0 Å². The fraction of sp³-hybridized carbons (Fsp3) is 0.667. The largest absolute Gasteiger partial charge is 0.449 e. The van der Waals surface area contributed by atoms with Gasteiger partial charge in [-0.3, -0.25) is 0 Å². The summed E-state index contributed by atoms with van der Waals surface area (Å²) >= 11 is 0. The van der Waals surface area contributed by atoms with Crippen LogP contribution in [0.1, 0.15) is 39.0 Å². The molecule has 0 aliphatic carbocycles. The number of nitrogens with zero attached hydrogens (tertiary/aromatic N) is 1. The molecule has 3 rings (SSSR count). The van der Waals surface area contributed by atoms with E-state index in [1.807, 2.05) is 31.2 Å². The van der Waals surface area contributed by atoms with Crippen LogP contribution >= 0.6 is 17.0 Å². The highest BCUT2D eigenvalue weighted by atomic mass is 79.9. The molecule has 0 unspecified atom stereocenters. The Hall–Kier alpha value is -0.780. The van der Waals surface area contributed by atoms with Crippen molar-refractivity contribution in [3.8, 4) is 11.5 Å². The summed E-state index contributed by atoms with van der Waals surface area (Å²) in [4.78, 5) is 2.55. The number of piperidine rings is 1. The Labute approximate surface area is 149 Å². The minimum atomic E-state index is -0.587. The average Bonchev–Trinajstić information content (AvgIpc) is 2.88. The first-order valence-electron chi connectivity index (χ1n) is 8.52. The van der Waals surface area contributed by atoms with Crippen molar-refractivity contribution in [1.82, 2.24) is 4.90 Å². The fourth-order valence-electron chi connectivity index (χ4n) is 3.14. The predicted molar refractivity (Wildman–Crippen MR) is 96.8 cm³/mol. The van der Waals surface area contributed by atoms with Gasteiger partial charge in [-0.05, 0) is 44.5 Å². The monoisotopic (exact) mass is 385 g/mol. The van der Waals surface area contributed by atoms with Crippen LogP contribution in [0.15, 0.2) is 24.3 Å². The molecule has 2 aliphatic rings. The summed E-state index contributed by atoms with van der Waals surface area (Å²) in [5, 5.41) is 0. The van der Waals surface area contributed by atoms with Gasteiger partial charge in [-0.1, -0.05) is 18.6 Å². The van der Waals surface area contributed by atoms with Gasteiger partial charge in [-0.2, -0.15) is 0 Å². The molecule has 2 aliphatic heterocycles. The van der Waals surface area contributed by atoms with Crippen molar-refractivity contribution in [3.05, 3.63) is 24.3 Å². The van der Waals surface area contributed by atoms with E-state index in [1.165, 1.54) is 32.4 Å². The summed E-state index contributed by atoms with van der Waals surface area (Å²) in [7, 11) is 0. The van der Waals surface area contributed by atoms with Gasteiger partial charge in [-0.15, -0.1) is 17.0 Å². The molecule has 0 saturated carbocycles. The highest BCUT2D eigenvalue weighted by Crippen LogP contribution is 2.40. The predicted octanol–water partition coefficient (Wildman–Crippen LogP) is 4.03. The van der Waals surface area contributed by atoms with Gasteiger partial charge < -0.3 is 19.1 Å². The van der Waals surface area contributed by atoms with Crippen molar-refractivity contribution in [2.24, 2.45) is 0 Å². The SMILES string of the molecule is Br.CC1(CCOCCCN2CCCCC2)Oc2ccccc2O1. The van der Waals surface area contributed by atoms with Crippen molar-refractivity contribution in [2.45, 2.75) is 44.8 Å². The normalized spacial score (nSPS) is 19.3. The number of fused-ring (bicyclic) bond motifs is 1. The van der Waals surface area contributed by atoms with Gasteiger partial charge in [0.15, 0.2) is 11.5 Å². The van der Waals surface area contributed by atoms with Gasteiger partial charge in [0.2, 0.25) is 0 Å². The molecule has 1 aromatic carbocycles. The van der Waals surface area contributed by atoms with E-state index < -0.39 is 5.79 Å². The summed E-state index contributed by atoms with van der Waals surface area (Å²) in [5.41, 5.74) is 0. The molecule has 1 aromatic rings. The zero-order chi connectivity index (χ0) is 15.3. The highest BCUT2D eigenvalue weighted by Gasteiger charge is 2.36. The standard InChI is InChI=1S/C18H27NO3.BrH/c1-18(21-16-8-3-4-9-17(16)22-18)10-15-20-14-7-13-19-11-5-2-6-12-19;/h3-4,8-9H,2,5-7,10-15H2,1H3;1H. The smallest absolute Gasteiger partial charge is 0.251 e. The van der Waals surface area contributed by atoms with Crippen molar-refractivity contribution in [1.29, 1.82) is 0 Å². The third kappa shape index (κ3) is 5.37. The second kappa shape index (κ2) is 8.90. The van der Waals surface area contributed by atoms with E-state index in [1.54, 1.807) is 0 Å². The van der Waals surface area contributed by atoms with Crippen molar-refractivity contribution in [2.75, 3.05) is 32.8 Å². The Morgan fingerprint density at radius 3 is 2.35 bits per heavy atom. The molecule has 0 amide bonds. The van der Waals surface area contributed by atoms with Gasteiger partial charge in [0, 0.05) is 26.5 Å². The second-order valence-corrected chi connectivity index (χ2v) is 6.40. The third-order valence-corrected chi connectivity index (χ3v) is 4.41. The van der Waals surface area contributed by atoms with Crippen LogP contribution < -0.4 is 9.47 Å². The molecule has 0 atom stereocenters. The molecule has 1 saturated heterocycles. The number of benzene rings is 1. The molecule has 5 heteroatoms. The maximum absolute atomic E-state index is 5.89. The van der Waals surface area contributed by atoms with E-state index in [0.29, 0.717) is 6.61 Å². The van der Waals surface area contributed by atoms with Crippen LogP contribution in [0.25, 0.3) is 0 Å². The van der Waals surface area contributed by atoms with Gasteiger partial charge in [-0.25, -0.2) is 0 Å². The molecule has 0 bridgehead atoms. The molecular weight excluding hydrogens is 358 g/mol. The minimum absolute atomic E-state index is 0. The quantitative estimate of drug-likeness (QED) is 0.662. The van der Waals surface area contributed by atoms with Gasteiger partial charge >= 0.3 is 0 Å². The molecule has 2 heterocycles. The number of ether oxygens (including phenoxy) is 3. The highest BCUT2D eigenvalue weighted by molar-refractivity contribution is 8.93. The molecule has 130 valence electrons. The zero-order valence-corrected chi connectivity index (χ0v) is 15.7. The molecule has 0 spiro atoms. The van der Waals surface area contributed by atoms with Crippen LogP contribution in [0.3, 0.4) is 0 Å². The Kier molecular flexibility index (Phi) is 7.18. The van der Waals surface area contributed by atoms with Crippen LogP contribution in [-0.4, -0.2) is 43.5 Å². The van der Waals surface area contributed by atoms with Gasteiger partial charge in [0.05, 0.1) is 6.61 Å². The zero-order valence-electron chi connectivity index (χ0n) is 14.0. The third-order valence-electron chi connectivity index (χ3n) is 4.41. The number of rotatable bonds is 7. The van der Waals surface area contributed by atoms with Crippen LogP contribution in [0.4, 0.5) is 0 Å². The molecule has 0 N–H and O–H groups in total. The maximum atomic E-state index is 5.89. The summed E-state index contributed by atoms with van der Waals surface area (Å²) < 4.78 is 17.5. The number of halogens is 1. The van der Waals surface area contributed by atoms with E-state index in [9.17, 15) is 0 Å². The fourth-order valence-corrected chi connectivity index (χ4v) is 3.14. The minimum Gasteiger partial charge on any atom is -0.449 e. The average molecular weight is 386 g/mol. The number of hydrogen-bond acceptors (Lipinski definition) is 4. The van der Waals surface area contributed by atoms with Crippen molar-refractivity contribution in [3.63, 3.8) is 0 Å². The molecule has 1 fully saturated rings. The summed E-state index contributed by atoms with van der Waals surface area (Å²) in [5.74, 6) is 1.07. The van der Waals surface area contributed by atoms with E-state index >= 15 is 0 Å². The topological polar surface area (TPSA) is 30.9 Å². The number of likely N-dealkylation sites (tertiary alicyclic amines) is 1. The lowest BCUT2D eigenvalue weighted by Gasteiger charge is -2.26. The Morgan fingerprint density at radius 1 is 1.04 bits per heavy atom. The first-order chi connectivity index (χ1) is 10.8. The molecule has 0 aromatic heterocycles. The van der Waals surface area contributed by atoms with Crippen LogP contribution in [-0.2, 0) is 4.74 Å². The first kappa shape index (κ1) is 18.6. The summed E-state index contributed by atoms with van der Waals surface area (Å²) in [6.45, 7) is 7.15. The van der Waals surface area contributed by atoms with Gasteiger partial charge in [0.25, 0.3) is 5.79 Å². The molecule has 0 radical (unpaired) electrons. The lowest BCUT2D eigenvalue weighted by atomic mass is 10.1. The second-order valence-electron chi connectivity index (χ2n) is 6.40. The molecular formula is C18H28BrNO3. The summed E-state index contributed by atoms with van der Waals surface area (Å²) in [6, 6.07) is 7.82. The van der Waals surface area contributed by atoms with E-state index in [2.05, 4.69) is 4.90 Å². The summed E-state index contributed by atoms with van der Waals surface area (Å²) in [6.07, 6.45) is 5.96. The van der Waals surface area contributed by atoms with Crippen LogP contribution in [0.5, 0.6) is 11.5 Å². The Bertz CT molecular complexity index is 452. The van der Waals surface area contributed by atoms with E-state index in [0.717, 1.165) is 37.5 Å². The number of para-hydroxylation sites is 2. The molecule has 23 heavy (non-hydrogen) atoms. The van der Waals surface area contributed by atoms with E-state index in [-0.39, 0.29) is 17.0 Å². The Morgan fingerprint density at radius 2 is 1.70 bits per heavy atom. The van der Waals surface area contributed by atoms with E-state index in [4.69, 9.17) is 14.2 Å². The molecule has 4 nitrogen and oxygen atoms in total. The first-order valence-corrected chi connectivity index (χ1v) is 8.52. The lowest BCUT2D eigenvalue weighted by Crippen LogP contribution is -2.36. The van der Waals surface area contributed by atoms with Crippen molar-refractivity contribution >= 4 is 17.0 Å². The number of hydrogen-bond donors (Lipinski definition) is 0. The lowest BCUT2D eigenvalue weighted by molar-refractivity contribution is -0.0838.